The lowest BCUT2D eigenvalue weighted by atomic mass is 9.95. The summed E-state index contributed by atoms with van der Waals surface area (Å²) >= 11 is 0. The van der Waals surface area contributed by atoms with Gasteiger partial charge in [-0.1, -0.05) is 66.7 Å². The van der Waals surface area contributed by atoms with E-state index in [1.165, 1.54) is 0 Å². The van der Waals surface area contributed by atoms with E-state index >= 15 is 0 Å². The van der Waals surface area contributed by atoms with Gasteiger partial charge in [0.2, 0.25) is 0 Å². The summed E-state index contributed by atoms with van der Waals surface area (Å²) in [5.41, 5.74) is 4.36. The molecule has 4 aromatic rings. The van der Waals surface area contributed by atoms with E-state index in [0.717, 1.165) is 33.4 Å². The van der Waals surface area contributed by atoms with E-state index in [0.29, 0.717) is 5.56 Å². The van der Waals surface area contributed by atoms with Crippen LogP contribution in [0, 0.1) is 11.3 Å². The van der Waals surface area contributed by atoms with Crippen molar-refractivity contribution in [1.82, 2.24) is 0 Å². The molecule has 0 aliphatic rings. The van der Waals surface area contributed by atoms with Gasteiger partial charge in [-0.3, -0.25) is 0 Å². The van der Waals surface area contributed by atoms with Crippen LogP contribution < -0.4 is 0 Å². The second kappa shape index (κ2) is 5.47. The molecule has 0 atom stereocenters. The second-order valence-electron chi connectivity index (χ2n) is 5.33. The van der Waals surface area contributed by atoms with Crippen LogP contribution in [-0.4, -0.2) is 0 Å². The Morgan fingerprint density at radius 2 is 1.43 bits per heavy atom. The number of hydrogen-bond acceptors (Lipinski definition) is 2. The molecule has 0 unspecified atom stereocenters. The fourth-order valence-corrected chi connectivity index (χ4v) is 2.90. The number of benzene rings is 3. The molecule has 1 heterocycles. The summed E-state index contributed by atoms with van der Waals surface area (Å²) in [6.45, 7) is 0. The largest absolute Gasteiger partial charge is 0.455 e. The SMILES string of the molecule is N#Cc1ccccc1-c1c(-c2ccccc2)oc2ccccc12. The van der Waals surface area contributed by atoms with Gasteiger partial charge in [0, 0.05) is 22.1 Å². The molecule has 2 nitrogen and oxygen atoms in total. The third-order valence-electron chi connectivity index (χ3n) is 3.95. The molecule has 0 amide bonds. The average molecular weight is 295 g/mol. The number of hydrogen-bond donors (Lipinski definition) is 0. The Balaban J connectivity index is 2.11. The standard InChI is InChI=1S/C21H13NO/c22-14-16-10-4-5-11-17(16)20-18-12-6-7-13-19(18)23-21(20)15-8-2-1-3-9-15/h1-13H. The number of fused-ring (bicyclic) bond motifs is 1. The highest BCUT2D eigenvalue weighted by atomic mass is 16.3. The zero-order chi connectivity index (χ0) is 15.6. The van der Waals surface area contributed by atoms with Gasteiger partial charge < -0.3 is 4.42 Å². The molecule has 0 fully saturated rings. The van der Waals surface area contributed by atoms with E-state index in [2.05, 4.69) is 6.07 Å². The van der Waals surface area contributed by atoms with E-state index in [1.54, 1.807) is 0 Å². The first-order valence-electron chi connectivity index (χ1n) is 7.45. The Morgan fingerprint density at radius 3 is 2.26 bits per heavy atom. The second-order valence-corrected chi connectivity index (χ2v) is 5.33. The summed E-state index contributed by atoms with van der Waals surface area (Å²) in [4.78, 5) is 0. The quantitative estimate of drug-likeness (QED) is 0.480. The van der Waals surface area contributed by atoms with Crippen molar-refractivity contribution in [2.75, 3.05) is 0 Å². The normalized spacial score (nSPS) is 10.6. The molecule has 108 valence electrons. The van der Waals surface area contributed by atoms with Crippen molar-refractivity contribution < 1.29 is 4.42 Å². The van der Waals surface area contributed by atoms with Crippen LogP contribution in [0.1, 0.15) is 5.56 Å². The Kier molecular flexibility index (Phi) is 3.18. The Hall–Kier alpha value is -3.31. The fourth-order valence-electron chi connectivity index (χ4n) is 2.90. The number of para-hydroxylation sites is 1. The summed E-state index contributed by atoms with van der Waals surface area (Å²) in [6, 6.07) is 27.9. The third-order valence-corrected chi connectivity index (χ3v) is 3.95. The smallest absolute Gasteiger partial charge is 0.143 e. The summed E-state index contributed by atoms with van der Waals surface area (Å²) in [6.07, 6.45) is 0. The van der Waals surface area contributed by atoms with Crippen molar-refractivity contribution >= 4 is 11.0 Å². The van der Waals surface area contributed by atoms with Gasteiger partial charge in [-0.15, -0.1) is 0 Å². The molecule has 2 heteroatoms. The lowest BCUT2D eigenvalue weighted by molar-refractivity contribution is 0.632. The molecule has 0 bridgehead atoms. The highest BCUT2D eigenvalue weighted by Gasteiger charge is 2.19. The van der Waals surface area contributed by atoms with Gasteiger partial charge in [0.05, 0.1) is 11.6 Å². The first kappa shape index (κ1) is 13.4. The van der Waals surface area contributed by atoms with Gasteiger partial charge in [0.15, 0.2) is 0 Å². The molecule has 0 aliphatic heterocycles. The zero-order valence-electron chi connectivity index (χ0n) is 12.4. The first-order valence-corrected chi connectivity index (χ1v) is 7.45. The Labute approximate surface area is 134 Å². The van der Waals surface area contributed by atoms with Gasteiger partial charge in [-0.2, -0.15) is 5.26 Å². The van der Waals surface area contributed by atoms with Crippen molar-refractivity contribution in [1.29, 1.82) is 5.26 Å². The predicted molar refractivity (Wildman–Crippen MR) is 91.8 cm³/mol. The highest BCUT2D eigenvalue weighted by molar-refractivity contribution is 6.02. The van der Waals surface area contributed by atoms with Crippen molar-refractivity contribution in [3.8, 4) is 28.5 Å². The monoisotopic (exact) mass is 295 g/mol. The van der Waals surface area contributed by atoms with Gasteiger partial charge in [0.25, 0.3) is 0 Å². The van der Waals surface area contributed by atoms with Crippen molar-refractivity contribution in [3.63, 3.8) is 0 Å². The minimum atomic E-state index is 0.649. The van der Waals surface area contributed by atoms with Crippen LogP contribution in [0.3, 0.4) is 0 Å². The van der Waals surface area contributed by atoms with E-state index in [1.807, 2.05) is 78.9 Å². The van der Waals surface area contributed by atoms with E-state index < -0.39 is 0 Å². The van der Waals surface area contributed by atoms with Crippen LogP contribution in [0.25, 0.3) is 33.4 Å². The highest BCUT2D eigenvalue weighted by Crippen LogP contribution is 2.41. The molecule has 0 aliphatic carbocycles. The Bertz CT molecular complexity index is 1020. The lowest BCUT2D eigenvalue weighted by Gasteiger charge is -2.06. The molecule has 1 aromatic heterocycles. The topological polar surface area (TPSA) is 36.9 Å². The van der Waals surface area contributed by atoms with E-state index in [9.17, 15) is 5.26 Å². The summed E-state index contributed by atoms with van der Waals surface area (Å²) < 4.78 is 6.13. The van der Waals surface area contributed by atoms with Crippen LogP contribution in [0.2, 0.25) is 0 Å². The maximum Gasteiger partial charge on any atom is 0.143 e. The molecule has 0 spiro atoms. The molecular weight excluding hydrogens is 282 g/mol. The van der Waals surface area contributed by atoms with Crippen molar-refractivity contribution in [3.05, 3.63) is 84.4 Å². The summed E-state index contributed by atoms with van der Waals surface area (Å²) in [5.74, 6) is 0.800. The summed E-state index contributed by atoms with van der Waals surface area (Å²) in [7, 11) is 0. The van der Waals surface area contributed by atoms with Gasteiger partial charge in [0.1, 0.15) is 11.3 Å². The van der Waals surface area contributed by atoms with Gasteiger partial charge in [-0.05, 0) is 12.1 Å². The fraction of sp³-hybridized carbons (Fsp3) is 0. The average Bonchev–Trinajstić information content (AvgIpc) is 3.02. The van der Waals surface area contributed by atoms with Crippen molar-refractivity contribution in [2.24, 2.45) is 0 Å². The van der Waals surface area contributed by atoms with Crippen LogP contribution >= 0.6 is 0 Å². The molecule has 4 rings (SSSR count). The first-order chi connectivity index (χ1) is 11.4. The minimum absolute atomic E-state index is 0.649. The molecule has 23 heavy (non-hydrogen) atoms. The molecular formula is C21H13NO. The maximum absolute atomic E-state index is 9.47. The molecule has 0 N–H and O–H groups in total. The van der Waals surface area contributed by atoms with Crippen LogP contribution in [0.5, 0.6) is 0 Å². The van der Waals surface area contributed by atoms with Crippen LogP contribution in [-0.2, 0) is 0 Å². The number of rotatable bonds is 2. The number of furan rings is 1. The van der Waals surface area contributed by atoms with E-state index in [-0.39, 0.29) is 0 Å². The minimum Gasteiger partial charge on any atom is -0.455 e. The van der Waals surface area contributed by atoms with Gasteiger partial charge >= 0.3 is 0 Å². The van der Waals surface area contributed by atoms with Crippen LogP contribution in [0.4, 0.5) is 0 Å². The lowest BCUT2D eigenvalue weighted by Crippen LogP contribution is -1.85. The van der Waals surface area contributed by atoms with Gasteiger partial charge in [-0.25, -0.2) is 0 Å². The van der Waals surface area contributed by atoms with E-state index in [4.69, 9.17) is 4.42 Å². The summed E-state index contributed by atoms with van der Waals surface area (Å²) in [5, 5.41) is 10.5. The zero-order valence-corrected chi connectivity index (χ0v) is 12.4. The number of nitrogens with zero attached hydrogens (tertiary/aromatic N) is 1. The molecule has 0 saturated carbocycles. The predicted octanol–water partition coefficient (Wildman–Crippen LogP) is 5.64. The number of nitriles is 1. The molecule has 3 aromatic carbocycles. The molecule has 0 radical (unpaired) electrons. The maximum atomic E-state index is 9.47. The molecule has 0 saturated heterocycles. The van der Waals surface area contributed by atoms with Crippen molar-refractivity contribution in [2.45, 2.75) is 0 Å². The third kappa shape index (κ3) is 2.20. The Morgan fingerprint density at radius 1 is 0.739 bits per heavy atom. The van der Waals surface area contributed by atoms with Crippen LogP contribution in [0.15, 0.2) is 83.3 Å².